The van der Waals surface area contributed by atoms with Crippen LogP contribution in [0.5, 0.6) is 0 Å². The Morgan fingerprint density at radius 3 is 2.45 bits per heavy atom. The van der Waals surface area contributed by atoms with Gasteiger partial charge in [-0.05, 0) is 31.4 Å². The van der Waals surface area contributed by atoms with E-state index in [9.17, 15) is 18.0 Å². The Bertz CT molecular complexity index is 525. The van der Waals surface area contributed by atoms with Crippen LogP contribution in [-0.2, 0) is 6.18 Å². The highest BCUT2D eigenvalue weighted by molar-refractivity contribution is 5.72. The van der Waals surface area contributed by atoms with Crippen molar-refractivity contribution in [2.45, 2.75) is 38.0 Å². The Balaban J connectivity index is 2.02. The maximum atomic E-state index is 13.0. The first kappa shape index (κ1) is 16.6. The molecule has 3 N–H and O–H groups in total. The number of carbonyl (C=O) groups excluding carboxylic acids is 1. The molecule has 1 aliphatic rings. The predicted octanol–water partition coefficient (Wildman–Crippen LogP) is 2.90. The first-order chi connectivity index (χ1) is 10.3. The lowest BCUT2D eigenvalue weighted by molar-refractivity contribution is -0.138. The van der Waals surface area contributed by atoms with E-state index in [4.69, 9.17) is 5.73 Å². The Kier molecular flexibility index (Phi) is 4.95. The molecule has 1 saturated heterocycles. The van der Waals surface area contributed by atoms with Gasteiger partial charge in [0.1, 0.15) is 0 Å². The van der Waals surface area contributed by atoms with Crippen molar-refractivity contribution in [2.75, 3.05) is 13.1 Å². The first-order valence-electron chi connectivity index (χ1n) is 7.25. The van der Waals surface area contributed by atoms with E-state index in [-0.39, 0.29) is 11.6 Å². The number of amides is 2. The molecule has 0 aromatic heterocycles. The number of likely N-dealkylation sites (tertiary alicyclic amines) is 1. The van der Waals surface area contributed by atoms with Crippen LogP contribution in [0.4, 0.5) is 18.0 Å². The fraction of sp³-hybridized carbons (Fsp3) is 0.533. The lowest BCUT2D eigenvalue weighted by Gasteiger charge is -2.33. The summed E-state index contributed by atoms with van der Waals surface area (Å²) in [6, 6.07) is 4.81. The van der Waals surface area contributed by atoms with E-state index < -0.39 is 23.8 Å². The largest absolute Gasteiger partial charge is 0.416 e. The van der Waals surface area contributed by atoms with Crippen LogP contribution < -0.4 is 11.1 Å². The number of nitrogens with zero attached hydrogens (tertiary/aromatic N) is 1. The van der Waals surface area contributed by atoms with Crippen LogP contribution in [0.15, 0.2) is 24.3 Å². The van der Waals surface area contributed by atoms with E-state index >= 15 is 0 Å². The molecule has 0 radical (unpaired) electrons. The SMILES string of the molecule is CC(NC1CCN(C(N)=O)CC1)c1ccccc1C(F)(F)F. The lowest BCUT2D eigenvalue weighted by atomic mass is 9.98. The van der Waals surface area contributed by atoms with Crippen molar-refractivity contribution in [1.29, 1.82) is 0 Å². The van der Waals surface area contributed by atoms with Gasteiger partial charge in [-0.2, -0.15) is 13.2 Å². The van der Waals surface area contributed by atoms with Gasteiger partial charge < -0.3 is 16.0 Å². The predicted molar refractivity (Wildman–Crippen MR) is 77.2 cm³/mol. The van der Waals surface area contributed by atoms with Crippen molar-refractivity contribution in [1.82, 2.24) is 10.2 Å². The summed E-state index contributed by atoms with van der Waals surface area (Å²) < 4.78 is 39.1. The maximum Gasteiger partial charge on any atom is 0.416 e. The lowest BCUT2D eigenvalue weighted by Crippen LogP contribution is -2.47. The van der Waals surface area contributed by atoms with Gasteiger partial charge in [-0.15, -0.1) is 0 Å². The molecule has 1 fully saturated rings. The van der Waals surface area contributed by atoms with Crippen LogP contribution in [0, 0.1) is 0 Å². The molecule has 1 aliphatic heterocycles. The first-order valence-corrected chi connectivity index (χ1v) is 7.25. The molecule has 7 heteroatoms. The third kappa shape index (κ3) is 3.91. The molecule has 1 unspecified atom stereocenters. The van der Waals surface area contributed by atoms with Crippen LogP contribution in [0.1, 0.15) is 36.9 Å². The number of piperidine rings is 1. The summed E-state index contributed by atoms with van der Waals surface area (Å²) in [7, 11) is 0. The van der Waals surface area contributed by atoms with Crippen molar-refractivity contribution in [2.24, 2.45) is 5.73 Å². The van der Waals surface area contributed by atoms with E-state index in [1.165, 1.54) is 12.1 Å². The van der Waals surface area contributed by atoms with Gasteiger partial charge in [0.2, 0.25) is 0 Å². The van der Waals surface area contributed by atoms with Gasteiger partial charge in [0, 0.05) is 25.2 Å². The number of halogens is 3. The average molecular weight is 315 g/mol. The van der Waals surface area contributed by atoms with Crippen molar-refractivity contribution in [3.8, 4) is 0 Å². The molecular formula is C15H20F3N3O. The van der Waals surface area contributed by atoms with Crippen LogP contribution in [0.25, 0.3) is 0 Å². The molecule has 22 heavy (non-hydrogen) atoms. The summed E-state index contributed by atoms with van der Waals surface area (Å²) in [6.07, 6.45) is -3.00. The molecule has 4 nitrogen and oxygen atoms in total. The smallest absolute Gasteiger partial charge is 0.351 e. The number of nitrogens with two attached hydrogens (primary N) is 1. The fourth-order valence-electron chi connectivity index (χ4n) is 2.84. The molecule has 0 bridgehead atoms. The second kappa shape index (κ2) is 6.56. The summed E-state index contributed by atoms with van der Waals surface area (Å²) in [5.74, 6) is 0. The highest BCUT2D eigenvalue weighted by atomic mass is 19.4. The number of hydrogen-bond acceptors (Lipinski definition) is 2. The molecule has 0 aliphatic carbocycles. The zero-order valence-electron chi connectivity index (χ0n) is 12.4. The van der Waals surface area contributed by atoms with Crippen LogP contribution in [-0.4, -0.2) is 30.1 Å². The van der Waals surface area contributed by atoms with E-state index in [0.29, 0.717) is 25.9 Å². The monoisotopic (exact) mass is 315 g/mol. The second-order valence-electron chi connectivity index (χ2n) is 5.57. The summed E-state index contributed by atoms with van der Waals surface area (Å²) in [4.78, 5) is 12.6. The van der Waals surface area contributed by atoms with E-state index in [1.54, 1.807) is 17.9 Å². The highest BCUT2D eigenvalue weighted by Gasteiger charge is 2.34. The van der Waals surface area contributed by atoms with Gasteiger partial charge in [-0.25, -0.2) is 4.79 Å². The molecule has 2 rings (SSSR count). The van der Waals surface area contributed by atoms with Gasteiger partial charge in [-0.3, -0.25) is 0 Å². The quantitative estimate of drug-likeness (QED) is 0.901. The number of carbonyl (C=O) groups is 1. The molecule has 1 aromatic carbocycles. The average Bonchev–Trinajstić information content (AvgIpc) is 2.47. The number of benzene rings is 1. The fourth-order valence-corrected chi connectivity index (χ4v) is 2.84. The van der Waals surface area contributed by atoms with Crippen LogP contribution >= 0.6 is 0 Å². The van der Waals surface area contributed by atoms with Crippen molar-refractivity contribution >= 4 is 6.03 Å². The van der Waals surface area contributed by atoms with Gasteiger partial charge in [0.25, 0.3) is 0 Å². The standard InChI is InChI=1S/C15H20F3N3O/c1-10(12-4-2-3-5-13(12)15(16,17)18)20-11-6-8-21(9-7-11)14(19)22/h2-5,10-11,20H,6-9H2,1H3,(H2,19,22). The summed E-state index contributed by atoms with van der Waals surface area (Å²) in [5, 5.41) is 3.23. The topological polar surface area (TPSA) is 58.4 Å². The Morgan fingerprint density at radius 1 is 1.32 bits per heavy atom. The maximum absolute atomic E-state index is 13.0. The molecule has 1 heterocycles. The number of alkyl halides is 3. The molecule has 1 atom stereocenters. The zero-order valence-corrected chi connectivity index (χ0v) is 12.4. The molecule has 0 saturated carbocycles. The molecule has 1 aromatic rings. The minimum Gasteiger partial charge on any atom is -0.351 e. The number of nitrogens with one attached hydrogen (secondary N) is 1. The third-order valence-electron chi connectivity index (χ3n) is 4.03. The Hall–Kier alpha value is -1.76. The normalized spacial score (nSPS) is 18.3. The van der Waals surface area contributed by atoms with E-state index in [2.05, 4.69) is 5.32 Å². The number of rotatable bonds is 3. The van der Waals surface area contributed by atoms with Crippen LogP contribution in [0.2, 0.25) is 0 Å². The number of primary amides is 1. The molecular weight excluding hydrogens is 295 g/mol. The van der Waals surface area contributed by atoms with Crippen molar-refractivity contribution in [3.63, 3.8) is 0 Å². The number of hydrogen-bond donors (Lipinski definition) is 2. The van der Waals surface area contributed by atoms with Gasteiger partial charge in [-0.1, -0.05) is 18.2 Å². The molecule has 2 amide bonds. The minimum atomic E-state index is -4.36. The van der Waals surface area contributed by atoms with Crippen molar-refractivity contribution < 1.29 is 18.0 Å². The molecule has 122 valence electrons. The van der Waals surface area contributed by atoms with Gasteiger partial charge in [0.15, 0.2) is 0 Å². The second-order valence-corrected chi connectivity index (χ2v) is 5.57. The summed E-state index contributed by atoms with van der Waals surface area (Å²) >= 11 is 0. The summed E-state index contributed by atoms with van der Waals surface area (Å²) in [5.41, 5.74) is 4.85. The molecule has 0 spiro atoms. The number of urea groups is 1. The highest BCUT2D eigenvalue weighted by Crippen LogP contribution is 2.34. The van der Waals surface area contributed by atoms with E-state index in [1.807, 2.05) is 0 Å². The minimum absolute atomic E-state index is 0.0758. The van der Waals surface area contributed by atoms with Crippen LogP contribution in [0.3, 0.4) is 0 Å². The summed E-state index contributed by atoms with van der Waals surface area (Å²) in [6.45, 7) is 2.78. The van der Waals surface area contributed by atoms with E-state index in [0.717, 1.165) is 6.07 Å². The Morgan fingerprint density at radius 2 is 1.91 bits per heavy atom. The zero-order chi connectivity index (χ0) is 16.3. The third-order valence-corrected chi connectivity index (χ3v) is 4.03. The van der Waals surface area contributed by atoms with Gasteiger partial charge in [0.05, 0.1) is 5.56 Å². The van der Waals surface area contributed by atoms with Crippen molar-refractivity contribution in [3.05, 3.63) is 35.4 Å². The Labute approximate surface area is 127 Å². The van der Waals surface area contributed by atoms with Gasteiger partial charge >= 0.3 is 12.2 Å².